The fourth-order valence-corrected chi connectivity index (χ4v) is 5.45. The summed E-state index contributed by atoms with van der Waals surface area (Å²) in [4.78, 5) is 0. The zero-order valence-electron chi connectivity index (χ0n) is 27.5. The molecule has 0 spiro atoms. The van der Waals surface area contributed by atoms with Crippen molar-refractivity contribution in [2.75, 3.05) is 5.32 Å². The highest BCUT2D eigenvalue weighted by Crippen LogP contribution is 2.43. The van der Waals surface area contributed by atoms with E-state index in [2.05, 4.69) is 183 Å². The smallest absolute Gasteiger partial charge is 0.0543 e. The van der Waals surface area contributed by atoms with Gasteiger partial charge in [0.2, 0.25) is 0 Å². The van der Waals surface area contributed by atoms with Gasteiger partial charge < -0.3 is 5.32 Å². The van der Waals surface area contributed by atoms with Crippen LogP contribution < -0.4 is 5.32 Å². The topological polar surface area (TPSA) is 12.0 Å². The molecule has 0 bridgehead atoms. The Bertz CT molecular complexity index is 1600. The lowest BCUT2D eigenvalue weighted by Crippen LogP contribution is -2.16. The summed E-state index contributed by atoms with van der Waals surface area (Å²) in [6.07, 6.45) is 0. The average Bonchev–Trinajstić information content (AvgIpc) is 2.97. The maximum Gasteiger partial charge on any atom is 0.0543 e. The summed E-state index contributed by atoms with van der Waals surface area (Å²) < 4.78 is 0. The number of hydrogen-bond acceptors (Lipinski definition) is 1. The summed E-state index contributed by atoms with van der Waals surface area (Å²) in [6.45, 7) is 20.6. The van der Waals surface area contributed by atoms with Gasteiger partial charge in [-0.3, -0.25) is 0 Å². The molecule has 5 rings (SSSR count). The number of hydrogen-bond donors (Lipinski definition) is 1. The molecule has 0 saturated heterocycles. The van der Waals surface area contributed by atoms with Crippen LogP contribution in [0.5, 0.6) is 0 Å². The molecule has 0 amide bonds. The van der Waals surface area contributed by atoms with Crippen LogP contribution in [0.4, 0.5) is 11.4 Å². The molecular weight excluding hydrogens is 518 g/mol. The molecule has 0 radical (unpaired) electrons. The van der Waals surface area contributed by atoms with Gasteiger partial charge >= 0.3 is 0 Å². The van der Waals surface area contributed by atoms with Crippen molar-refractivity contribution in [3.05, 3.63) is 132 Å². The largest absolute Gasteiger partial charge is 0.355 e. The zero-order valence-corrected chi connectivity index (χ0v) is 27.5. The summed E-state index contributed by atoms with van der Waals surface area (Å²) in [7, 11) is 0. The first-order chi connectivity index (χ1) is 20.2. The molecular formula is C42H47N. The number of rotatable bonds is 5. The van der Waals surface area contributed by atoms with E-state index in [1.54, 1.807) is 0 Å². The van der Waals surface area contributed by atoms with Crippen LogP contribution in [0.15, 0.2) is 115 Å². The summed E-state index contributed by atoms with van der Waals surface area (Å²) in [6, 6.07) is 42.3. The van der Waals surface area contributed by atoms with Gasteiger partial charge in [-0.2, -0.15) is 0 Å². The maximum atomic E-state index is 3.87. The number of anilines is 2. The fourth-order valence-electron chi connectivity index (χ4n) is 5.45. The van der Waals surface area contributed by atoms with Crippen LogP contribution in [0.2, 0.25) is 0 Å². The first kappa shape index (κ1) is 30.4. The van der Waals surface area contributed by atoms with Crippen molar-refractivity contribution < 1.29 is 0 Å². The Morgan fingerprint density at radius 1 is 0.372 bits per heavy atom. The summed E-state index contributed by atoms with van der Waals surface area (Å²) in [5.74, 6) is 0. The quantitative estimate of drug-likeness (QED) is 0.223. The second kappa shape index (κ2) is 11.5. The minimum atomic E-state index is 0.0146. The van der Waals surface area contributed by atoms with Crippen LogP contribution in [0.3, 0.4) is 0 Å². The molecule has 0 aliphatic carbocycles. The second-order valence-electron chi connectivity index (χ2n) is 14.9. The zero-order chi connectivity index (χ0) is 31.0. The van der Waals surface area contributed by atoms with Gasteiger partial charge in [0, 0.05) is 16.8 Å². The lowest BCUT2D eigenvalue weighted by atomic mass is 9.79. The summed E-state index contributed by atoms with van der Waals surface area (Å²) in [5, 5.41) is 3.87. The maximum absolute atomic E-state index is 3.87. The monoisotopic (exact) mass is 565 g/mol. The van der Waals surface area contributed by atoms with Crippen LogP contribution in [-0.4, -0.2) is 0 Å². The Hall–Kier alpha value is -4.10. The molecule has 43 heavy (non-hydrogen) atoms. The van der Waals surface area contributed by atoms with E-state index in [0.29, 0.717) is 0 Å². The van der Waals surface area contributed by atoms with E-state index in [1.165, 1.54) is 50.1 Å². The first-order valence-electron chi connectivity index (χ1n) is 15.5. The van der Waals surface area contributed by atoms with Crippen LogP contribution >= 0.6 is 0 Å². The molecule has 0 heterocycles. The van der Waals surface area contributed by atoms with Gasteiger partial charge in [-0.05, 0) is 79.5 Å². The van der Waals surface area contributed by atoms with E-state index < -0.39 is 0 Å². The third kappa shape index (κ3) is 6.94. The summed E-state index contributed by atoms with van der Waals surface area (Å²) >= 11 is 0. The van der Waals surface area contributed by atoms with Crippen LogP contribution in [0.25, 0.3) is 33.4 Å². The standard InChI is InChI=1S/C42H47N/c1-40(2,3)33-24-32(25-34(26-33)41(4,5)6)29-20-22-36(23-21-29)43-39-37(30-16-12-10-13-17-30)27-35(42(7,8)9)28-38(39)31-18-14-11-15-19-31/h10-28,43H,1-9H3. The predicted octanol–water partition coefficient (Wildman–Crippen LogP) is 12.3. The molecule has 1 nitrogen and oxygen atoms in total. The first-order valence-corrected chi connectivity index (χ1v) is 15.5. The molecule has 0 aliphatic rings. The lowest BCUT2D eigenvalue weighted by molar-refractivity contribution is 0.569. The molecule has 0 saturated carbocycles. The minimum absolute atomic E-state index is 0.0146. The van der Waals surface area contributed by atoms with Crippen LogP contribution in [0.1, 0.15) is 79.0 Å². The van der Waals surface area contributed by atoms with E-state index in [9.17, 15) is 0 Å². The molecule has 220 valence electrons. The van der Waals surface area contributed by atoms with E-state index in [4.69, 9.17) is 0 Å². The molecule has 1 heteroatoms. The van der Waals surface area contributed by atoms with Gasteiger partial charge in [0.15, 0.2) is 0 Å². The Labute approximate surface area is 260 Å². The molecule has 0 aliphatic heterocycles. The number of benzene rings is 5. The Balaban J connectivity index is 1.62. The van der Waals surface area contributed by atoms with Crippen molar-refractivity contribution in [2.45, 2.75) is 78.6 Å². The summed E-state index contributed by atoms with van der Waals surface area (Å²) in [5.41, 5.74) is 13.8. The SMILES string of the molecule is CC(C)(C)c1cc(-c2ccc(Nc3c(-c4ccccc4)cc(C(C)(C)C)cc3-c3ccccc3)cc2)cc(C(C)(C)C)c1. The minimum Gasteiger partial charge on any atom is -0.355 e. The normalized spacial score (nSPS) is 12.3. The Morgan fingerprint density at radius 2 is 0.767 bits per heavy atom. The van der Waals surface area contributed by atoms with Crippen molar-refractivity contribution in [1.29, 1.82) is 0 Å². The highest BCUT2D eigenvalue weighted by atomic mass is 14.9. The van der Waals surface area contributed by atoms with Gasteiger partial charge in [0.05, 0.1) is 5.69 Å². The van der Waals surface area contributed by atoms with Crippen molar-refractivity contribution in [3.8, 4) is 33.4 Å². The van der Waals surface area contributed by atoms with E-state index in [-0.39, 0.29) is 16.2 Å². The van der Waals surface area contributed by atoms with Gasteiger partial charge in [-0.1, -0.05) is 153 Å². The lowest BCUT2D eigenvalue weighted by Gasteiger charge is -2.26. The van der Waals surface area contributed by atoms with Gasteiger partial charge in [-0.25, -0.2) is 0 Å². The fraction of sp³-hybridized carbons (Fsp3) is 0.286. The Morgan fingerprint density at radius 3 is 1.16 bits per heavy atom. The van der Waals surface area contributed by atoms with E-state index in [1.807, 2.05) is 0 Å². The molecule has 1 N–H and O–H groups in total. The van der Waals surface area contributed by atoms with Crippen molar-refractivity contribution in [2.24, 2.45) is 0 Å². The van der Waals surface area contributed by atoms with Gasteiger partial charge in [-0.15, -0.1) is 0 Å². The number of nitrogens with one attached hydrogen (secondary N) is 1. The Kier molecular flexibility index (Phi) is 8.14. The highest BCUT2D eigenvalue weighted by Gasteiger charge is 2.22. The van der Waals surface area contributed by atoms with Gasteiger partial charge in [0.1, 0.15) is 0 Å². The van der Waals surface area contributed by atoms with Crippen LogP contribution in [0, 0.1) is 0 Å². The third-order valence-electron chi connectivity index (χ3n) is 8.33. The molecule has 0 aromatic heterocycles. The molecule has 0 atom stereocenters. The molecule has 0 unspecified atom stereocenters. The molecule has 5 aromatic carbocycles. The highest BCUT2D eigenvalue weighted by molar-refractivity contribution is 5.93. The predicted molar refractivity (Wildman–Crippen MR) is 189 cm³/mol. The second-order valence-corrected chi connectivity index (χ2v) is 14.9. The van der Waals surface area contributed by atoms with Crippen molar-refractivity contribution >= 4 is 11.4 Å². The average molecular weight is 566 g/mol. The van der Waals surface area contributed by atoms with Crippen LogP contribution in [-0.2, 0) is 16.2 Å². The van der Waals surface area contributed by atoms with E-state index in [0.717, 1.165) is 11.4 Å². The van der Waals surface area contributed by atoms with Crippen molar-refractivity contribution in [3.63, 3.8) is 0 Å². The van der Waals surface area contributed by atoms with Crippen molar-refractivity contribution in [1.82, 2.24) is 0 Å². The third-order valence-corrected chi connectivity index (χ3v) is 8.33. The molecule has 5 aromatic rings. The van der Waals surface area contributed by atoms with Gasteiger partial charge in [0.25, 0.3) is 0 Å². The van der Waals surface area contributed by atoms with E-state index >= 15 is 0 Å². The molecule has 0 fully saturated rings.